The van der Waals surface area contributed by atoms with Gasteiger partial charge in [-0.15, -0.1) is 0 Å². The Kier molecular flexibility index (Phi) is 5.84. The molecule has 0 saturated heterocycles. The molecule has 0 fully saturated rings. The van der Waals surface area contributed by atoms with E-state index in [1.165, 1.54) is 13.0 Å². The van der Waals surface area contributed by atoms with Gasteiger partial charge < -0.3 is 9.84 Å². The van der Waals surface area contributed by atoms with Crippen LogP contribution in [0.3, 0.4) is 0 Å². The van der Waals surface area contributed by atoms with Gasteiger partial charge in [-0.2, -0.15) is 4.72 Å². The summed E-state index contributed by atoms with van der Waals surface area (Å²) >= 11 is 0. The lowest BCUT2D eigenvalue weighted by atomic mass is 10.2. The first-order valence-corrected chi connectivity index (χ1v) is 7.29. The number of ether oxygens (including phenoxy) is 1. The van der Waals surface area contributed by atoms with Crippen molar-refractivity contribution in [3.8, 4) is 11.8 Å². The number of halogens is 1. The molecule has 0 aliphatic carbocycles. The Labute approximate surface area is 122 Å². The van der Waals surface area contributed by atoms with Gasteiger partial charge in [0.2, 0.25) is 10.0 Å². The molecular weight excluding hydrogens is 301 g/mol. The molecule has 0 saturated carbocycles. The van der Waals surface area contributed by atoms with Crippen molar-refractivity contribution in [3.05, 3.63) is 29.6 Å². The normalized spacial score (nSPS) is 12.2. The number of methoxy groups -OCH3 is 1. The Morgan fingerprint density at radius 1 is 1.52 bits per heavy atom. The van der Waals surface area contributed by atoms with E-state index >= 15 is 0 Å². The highest BCUT2D eigenvalue weighted by atomic mass is 32.2. The molecule has 0 aromatic heterocycles. The Bertz CT molecular complexity index is 690. The highest BCUT2D eigenvalue weighted by Crippen LogP contribution is 2.16. The molecule has 6 nitrogen and oxygen atoms in total. The number of hydrogen-bond donors (Lipinski definition) is 2. The van der Waals surface area contributed by atoms with Crippen molar-refractivity contribution in [1.82, 2.24) is 4.72 Å². The number of hydrogen-bond acceptors (Lipinski definition) is 5. The van der Waals surface area contributed by atoms with Crippen LogP contribution in [0.5, 0.6) is 0 Å². The smallest absolute Gasteiger partial charge is 0.323 e. The van der Waals surface area contributed by atoms with Gasteiger partial charge in [0.1, 0.15) is 23.4 Å². The maximum Gasteiger partial charge on any atom is 0.323 e. The first-order valence-electron chi connectivity index (χ1n) is 5.81. The average molecular weight is 315 g/mol. The summed E-state index contributed by atoms with van der Waals surface area (Å²) < 4.78 is 44.2. The second-order valence-electron chi connectivity index (χ2n) is 3.97. The van der Waals surface area contributed by atoms with Crippen LogP contribution in [0.15, 0.2) is 23.1 Å². The summed E-state index contributed by atoms with van der Waals surface area (Å²) in [5, 5.41) is 8.54. The summed E-state index contributed by atoms with van der Waals surface area (Å²) in [6.45, 7) is 0.891. The van der Waals surface area contributed by atoms with E-state index < -0.39 is 32.7 Å². The molecule has 0 aliphatic rings. The molecule has 0 spiro atoms. The third kappa shape index (κ3) is 4.53. The fourth-order valence-electron chi connectivity index (χ4n) is 1.46. The van der Waals surface area contributed by atoms with Crippen LogP contribution in [0.25, 0.3) is 0 Å². The highest BCUT2D eigenvalue weighted by molar-refractivity contribution is 7.89. The van der Waals surface area contributed by atoms with Gasteiger partial charge in [0.05, 0.1) is 7.11 Å². The highest BCUT2D eigenvalue weighted by Gasteiger charge is 2.25. The Morgan fingerprint density at radius 2 is 2.19 bits per heavy atom. The van der Waals surface area contributed by atoms with Gasteiger partial charge in [-0.3, -0.25) is 4.79 Å². The fraction of sp³-hybridized carbons (Fsp3) is 0.308. The van der Waals surface area contributed by atoms with E-state index in [0.29, 0.717) is 0 Å². The molecule has 0 amide bonds. The van der Waals surface area contributed by atoms with Gasteiger partial charge in [-0.05, 0) is 25.1 Å². The molecule has 0 bridgehead atoms. The van der Waals surface area contributed by atoms with Crippen molar-refractivity contribution in [3.63, 3.8) is 0 Å². The molecule has 0 radical (unpaired) electrons. The topological polar surface area (TPSA) is 92.7 Å². The number of nitrogens with one attached hydrogen (secondary N) is 1. The van der Waals surface area contributed by atoms with E-state index in [4.69, 9.17) is 5.11 Å². The van der Waals surface area contributed by atoms with Gasteiger partial charge in [-0.1, -0.05) is 11.8 Å². The minimum absolute atomic E-state index is 0.224. The predicted molar refractivity (Wildman–Crippen MR) is 72.2 cm³/mol. The van der Waals surface area contributed by atoms with Gasteiger partial charge in [0, 0.05) is 5.56 Å². The Hall–Kier alpha value is -1.95. The zero-order valence-electron chi connectivity index (χ0n) is 11.4. The number of sulfonamides is 1. The lowest BCUT2D eigenvalue weighted by Crippen LogP contribution is -2.39. The van der Waals surface area contributed by atoms with Crippen molar-refractivity contribution in [2.75, 3.05) is 13.7 Å². The monoisotopic (exact) mass is 315 g/mol. The van der Waals surface area contributed by atoms with Crippen molar-refractivity contribution < 1.29 is 27.4 Å². The van der Waals surface area contributed by atoms with Crippen molar-refractivity contribution in [2.45, 2.75) is 17.9 Å². The second-order valence-corrected chi connectivity index (χ2v) is 5.65. The number of benzene rings is 1. The van der Waals surface area contributed by atoms with E-state index in [2.05, 4.69) is 16.6 Å². The third-order valence-corrected chi connectivity index (χ3v) is 3.99. The van der Waals surface area contributed by atoms with Gasteiger partial charge in [-0.25, -0.2) is 12.8 Å². The van der Waals surface area contributed by atoms with Crippen LogP contribution in [0.4, 0.5) is 4.39 Å². The molecule has 0 heterocycles. The average Bonchev–Trinajstić information content (AvgIpc) is 2.43. The summed E-state index contributed by atoms with van der Waals surface area (Å²) in [6, 6.07) is 2.11. The number of carbonyl (C=O) groups excluding carboxylic acids is 1. The summed E-state index contributed by atoms with van der Waals surface area (Å²) in [7, 11) is -3.09. The maximum absolute atomic E-state index is 13.8. The van der Waals surface area contributed by atoms with Crippen LogP contribution < -0.4 is 4.72 Å². The number of aliphatic hydroxyl groups is 1. The molecule has 0 aliphatic heterocycles. The third-order valence-electron chi connectivity index (χ3n) is 2.42. The lowest BCUT2D eigenvalue weighted by Gasteiger charge is -2.12. The molecule has 1 aromatic carbocycles. The van der Waals surface area contributed by atoms with Gasteiger partial charge >= 0.3 is 5.97 Å². The molecular formula is C13H14FNO5S. The summed E-state index contributed by atoms with van der Waals surface area (Å²) in [5.41, 5.74) is 0.224. The second kappa shape index (κ2) is 7.17. The van der Waals surface area contributed by atoms with Crippen molar-refractivity contribution in [1.29, 1.82) is 0 Å². The first-order chi connectivity index (χ1) is 9.81. The first kappa shape index (κ1) is 17.1. The minimum atomic E-state index is -4.21. The van der Waals surface area contributed by atoms with Crippen LogP contribution in [-0.4, -0.2) is 39.3 Å². The largest absolute Gasteiger partial charge is 0.468 e. The Morgan fingerprint density at radius 3 is 2.71 bits per heavy atom. The molecule has 8 heteroatoms. The molecule has 21 heavy (non-hydrogen) atoms. The zero-order chi connectivity index (χ0) is 16.0. The van der Waals surface area contributed by atoms with Crippen LogP contribution in [-0.2, 0) is 19.6 Å². The summed E-state index contributed by atoms with van der Waals surface area (Å²) in [4.78, 5) is 10.6. The summed E-state index contributed by atoms with van der Waals surface area (Å²) in [6.07, 6.45) is 0. The molecule has 114 valence electrons. The number of carbonyl (C=O) groups is 1. The predicted octanol–water partition coefficient (Wildman–Crippen LogP) is 0.00930. The quantitative estimate of drug-likeness (QED) is 0.603. The Balaban J connectivity index is 3.07. The molecule has 2 N–H and O–H groups in total. The molecule has 1 aromatic rings. The van der Waals surface area contributed by atoms with E-state index in [9.17, 15) is 17.6 Å². The van der Waals surface area contributed by atoms with Crippen LogP contribution in [0.1, 0.15) is 12.5 Å². The van der Waals surface area contributed by atoms with Crippen molar-refractivity contribution in [2.24, 2.45) is 0 Å². The number of aliphatic hydroxyl groups excluding tert-OH is 1. The maximum atomic E-state index is 13.8. The number of rotatable bonds is 4. The van der Waals surface area contributed by atoms with E-state index in [-0.39, 0.29) is 12.2 Å². The van der Waals surface area contributed by atoms with E-state index in [1.54, 1.807) is 0 Å². The number of esters is 1. The van der Waals surface area contributed by atoms with Gasteiger partial charge in [0.25, 0.3) is 0 Å². The fourth-order valence-corrected chi connectivity index (χ4v) is 2.71. The minimum Gasteiger partial charge on any atom is -0.468 e. The lowest BCUT2D eigenvalue weighted by molar-refractivity contribution is -0.142. The SMILES string of the molecule is COC(=O)C(C)NS(=O)(=O)c1ccc(C#CCO)cc1F. The van der Waals surface area contributed by atoms with Crippen LogP contribution in [0, 0.1) is 17.7 Å². The standard InChI is InChI=1S/C13H14FNO5S/c1-9(13(17)20-2)15-21(18,19)12-6-5-10(4-3-7-16)8-11(12)14/h5-6,8-9,15-16H,7H2,1-2H3. The van der Waals surface area contributed by atoms with Crippen molar-refractivity contribution >= 4 is 16.0 Å². The molecule has 1 rings (SSSR count). The van der Waals surface area contributed by atoms with Gasteiger partial charge in [0.15, 0.2) is 0 Å². The van der Waals surface area contributed by atoms with E-state index in [0.717, 1.165) is 19.2 Å². The zero-order valence-corrected chi connectivity index (χ0v) is 12.2. The molecule has 1 unspecified atom stereocenters. The van der Waals surface area contributed by atoms with Crippen LogP contribution >= 0.6 is 0 Å². The summed E-state index contributed by atoms with van der Waals surface area (Å²) in [5.74, 6) is 2.97. The van der Waals surface area contributed by atoms with Crippen LogP contribution in [0.2, 0.25) is 0 Å². The van der Waals surface area contributed by atoms with E-state index in [1.807, 2.05) is 4.72 Å². The molecule has 1 atom stereocenters.